The van der Waals surface area contributed by atoms with Crippen molar-refractivity contribution in [1.29, 1.82) is 0 Å². The molecule has 1 N–H and O–H groups in total. The van der Waals surface area contributed by atoms with Crippen LogP contribution in [0.5, 0.6) is 5.75 Å². The van der Waals surface area contributed by atoms with Crippen molar-refractivity contribution >= 4 is 5.91 Å². The van der Waals surface area contributed by atoms with Gasteiger partial charge in [-0.25, -0.2) is 0 Å². The fourth-order valence-electron chi connectivity index (χ4n) is 2.90. The number of fused-ring (bicyclic) bond motifs is 1. The molecule has 7 nitrogen and oxygen atoms in total. The molecule has 122 valence electrons. The smallest absolute Gasteiger partial charge is 0.246 e. The van der Waals surface area contributed by atoms with Crippen LogP contribution in [0.15, 0.2) is 24.3 Å². The molecule has 0 bridgehead atoms. The number of nitrogens with one attached hydrogen (secondary N) is 1. The molecule has 7 heteroatoms. The van der Waals surface area contributed by atoms with Crippen LogP contribution >= 0.6 is 0 Å². The number of nitrogens with zero attached hydrogens (tertiary/aromatic N) is 4. The highest BCUT2D eigenvalue weighted by atomic mass is 16.5. The molecule has 0 aliphatic carbocycles. The van der Waals surface area contributed by atoms with E-state index in [-0.39, 0.29) is 11.9 Å². The van der Waals surface area contributed by atoms with Gasteiger partial charge in [-0.15, -0.1) is 10.2 Å². The summed E-state index contributed by atoms with van der Waals surface area (Å²) in [6.45, 7) is 3.53. The van der Waals surface area contributed by atoms with Gasteiger partial charge >= 0.3 is 0 Å². The van der Waals surface area contributed by atoms with Gasteiger partial charge in [0.25, 0.3) is 0 Å². The third-order valence-corrected chi connectivity index (χ3v) is 4.09. The Bertz CT molecular complexity index is 695. The minimum atomic E-state index is -0.282. The van der Waals surface area contributed by atoms with Gasteiger partial charge in [0.1, 0.15) is 17.6 Å². The van der Waals surface area contributed by atoms with Gasteiger partial charge in [0, 0.05) is 6.54 Å². The van der Waals surface area contributed by atoms with E-state index < -0.39 is 0 Å². The zero-order valence-corrected chi connectivity index (χ0v) is 13.6. The Kier molecular flexibility index (Phi) is 4.29. The summed E-state index contributed by atoms with van der Waals surface area (Å²) in [5.74, 6) is 2.53. The van der Waals surface area contributed by atoms with Crippen LogP contribution in [0.25, 0.3) is 0 Å². The predicted molar refractivity (Wildman–Crippen MR) is 84.7 cm³/mol. The van der Waals surface area contributed by atoms with Crippen LogP contribution in [-0.2, 0) is 24.4 Å². The van der Waals surface area contributed by atoms with Gasteiger partial charge in [0.15, 0.2) is 5.82 Å². The molecule has 2 heterocycles. The summed E-state index contributed by atoms with van der Waals surface area (Å²) in [7, 11) is 3.49. The molecule has 1 atom stereocenters. The molecular weight excluding hydrogens is 294 g/mol. The minimum Gasteiger partial charge on any atom is -0.497 e. The number of hydrogen-bond acceptors (Lipinski definition) is 5. The Balaban J connectivity index is 1.80. The van der Waals surface area contributed by atoms with Crippen LogP contribution in [0, 0.1) is 0 Å². The Labute approximate surface area is 135 Å². The molecule has 0 saturated carbocycles. The number of aromatic nitrogens is 3. The third kappa shape index (κ3) is 2.92. The summed E-state index contributed by atoms with van der Waals surface area (Å²) < 4.78 is 7.10. The number of ether oxygens (including phenoxy) is 1. The lowest BCUT2D eigenvalue weighted by molar-refractivity contribution is -0.137. The first-order valence-corrected chi connectivity index (χ1v) is 7.63. The molecule has 0 saturated heterocycles. The number of methoxy groups -OCH3 is 1. The lowest BCUT2D eigenvalue weighted by Gasteiger charge is -2.32. The first-order chi connectivity index (χ1) is 11.1. The van der Waals surface area contributed by atoms with E-state index in [0.29, 0.717) is 19.6 Å². The number of benzene rings is 1. The third-order valence-electron chi connectivity index (χ3n) is 4.09. The van der Waals surface area contributed by atoms with Gasteiger partial charge in [0.2, 0.25) is 5.91 Å². The Morgan fingerprint density at radius 1 is 1.30 bits per heavy atom. The van der Waals surface area contributed by atoms with E-state index in [2.05, 4.69) is 15.5 Å². The van der Waals surface area contributed by atoms with Crippen molar-refractivity contribution in [2.75, 3.05) is 14.2 Å². The zero-order valence-electron chi connectivity index (χ0n) is 13.6. The minimum absolute atomic E-state index is 0.0884. The molecule has 0 unspecified atom stereocenters. The van der Waals surface area contributed by atoms with Gasteiger partial charge < -0.3 is 15.0 Å². The molecule has 1 aromatic carbocycles. The lowest BCUT2D eigenvalue weighted by atomic mass is 10.1. The summed E-state index contributed by atoms with van der Waals surface area (Å²) in [5.41, 5.74) is 1.06. The van der Waals surface area contributed by atoms with Crippen molar-refractivity contribution in [3.8, 4) is 5.75 Å². The molecule has 3 rings (SSSR count). The lowest BCUT2D eigenvalue weighted by Crippen LogP contribution is -2.42. The fourth-order valence-corrected chi connectivity index (χ4v) is 2.90. The van der Waals surface area contributed by atoms with E-state index in [4.69, 9.17) is 4.74 Å². The SMILES string of the molecule is CNCc1nnc2n1[C@@H](C)C(=O)N(Cc1ccc(OC)cc1)C2. The number of rotatable bonds is 5. The highest BCUT2D eigenvalue weighted by molar-refractivity contribution is 5.81. The summed E-state index contributed by atoms with van der Waals surface area (Å²) in [6.07, 6.45) is 0. The average molecular weight is 315 g/mol. The second-order valence-corrected chi connectivity index (χ2v) is 5.65. The van der Waals surface area contributed by atoms with Crippen molar-refractivity contribution in [2.24, 2.45) is 0 Å². The van der Waals surface area contributed by atoms with Gasteiger partial charge in [-0.3, -0.25) is 9.36 Å². The van der Waals surface area contributed by atoms with Gasteiger partial charge in [-0.1, -0.05) is 12.1 Å². The van der Waals surface area contributed by atoms with E-state index in [0.717, 1.165) is 23.0 Å². The van der Waals surface area contributed by atoms with Crippen LogP contribution in [0.2, 0.25) is 0 Å². The van der Waals surface area contributed by atoms with Gasteiger partial charge in [0.05, 0.1) is 20.2 Å². The Morgan fingerprint density at radius 3 is 2.70 bits per heavy atom. The van der Waals surface area contributed by atoms with E-state index in [1.54, 1.807) is 7.11 Å². The van der Waals surface area contributed by atoms with Crippen molar-refractivity contribution in [2.45, 2.75) is 32.6 Å². The summed E-state index contributed by atoms with van der Waals surface area (Å²) in [4.78, 5) is 14.5. The second-order valence-electron chi connectivity index (χ2n) is 5.65. The zero-order chi connectivity index (χ0) is 16.4. The predicted octanol–water partition coefficient (Wildman–Crippen LogP) is 1.11. The molecule has 1 amide bonds. The highest BCUT2D eigenvalue weighted by Gasteiger charge is 2.32. The van der Waals surface area contributed by atoms with Crippen LogP contribution in [-0.4, -0.2) is 39.7 Å². The highest BCUT2D eigenvalue weighted by Crippen LogP contribution is 2.24. The molecule has 2 aromatic rings. The fraction of sp³-hybridized carbons (Fsp3) is 0.438. The van der Waals surface area contributed by atoms with E-state index in [1.165, 1.54) is 0 Å². The molecule has 0 fully saturated rings. The largest absolute Gasteiger partial charge is 0.497 e. The quantitative estimate of drug-likeness (QED) is 0.895. The number of hydrogen-bond donors (Lipinski definition) is 1. The monoisotopic (exact) mass is 315 g/mol. The molecule has 23 heavy (non-hydrogen) atoms. The van der Waals surface area contributed by atoms with Crippen molar-refractivity contribution in [1.82, 2.24) is 25.0 Å². The number of amides is 1. The van der Waals surface area contributed by atoms with Crippen molar-refractivity contribution in [3.63, 3.8) is 0 Å². The summed E-state index contributed by atoms with van der Waals surface area (Å²) in [6, 6.07) is 7.47. The normalized spacial score (nSPS) is 17.3. The molecule has 0 spiro atoms. The Morgan fingerprint density at radius 2 is 2.04 bits per heavy atom. The molecule has 1 aliphatic heterocycles. The first-order valence-electron chi connectivity index (χ1n) is 7.63. The standard InChI is InChI=1S/C16H21N5O2/c1-11-16(22)20(9-12-4-6-13(23-3)7-5-12)10-15-19-18-14(8-17-2)21(11)15/h4-7,11,17H,8-10H2,1-3H3/t11-/m0/s1. The second kappa shape index (κ2) is 6.37. The maximum Gasteiger partial charge on any atom is 0.246 e. The molecule has 0 radical (unpaired) electrons. The van der Waals surface area contributed by atoms with Crippen LogP contribution < -0.4 is 10.1 Å². The van der Waals surface area contributed by atoms with Crippen LogP contribution in [0.4, 0.5) is 0 Å². The first kappa shape index (κ1) is 15.5. The maximum absolute atomic E-state index is 12.7. The van der Waals surface area contributed by atoms with E-state index in [9.17, 15) is 4.79 Å². The summed E-state index contributed by atoms with van der Waals surface area (Å²) in [5, 5.41) is 11.5. The van der Waals surface area contributed by atoms with Gasteiger partial charge in [-0.05, 0) is 31.7 Å². The van der Waals surface area contributed by atoms with Crippen LogP contribution in [0.1, 0.15) is 30.2 Å². The average Bonchev–Trinajstić information content (AvgIpc) is 2.96. The molecule has 1 aromatic heterocycles. The van der Waals surface area contributed by atoms with Gasteiger partial charge in [-0.2, -0.15) is 0 Å². The number of carbonyl (C=O) groups is 1. The van der Waals surface area contributed by atoms with Crippen LogP contribution in [0.3, 0.4) is 0 Å². The molecular formula is C16H21N5O2. The Hall–Kier alpha value is -2.41. The number of carbonyl (C=O) groups excluding carboxylic acids is 1. The van der Waals surface area contributed by atoms with Crippen molar-refractivity contribution in [3.05, 3.63) is 41.5 Å². The van der Waals surface area contributed by atoms with Crippen molar-refractivity contribution < 1.29 is 9.53 Å². The molecule has 1 aliphatic rings. The van der Waals surface area contributed by atoms with E-state index >= 15 is 0 Å². The van der Waals surface area contributed by atoms with E-state index in [1.807, 2.05) is 47.7 Å². The maximum atomic E-state index is 12.7. The topological polar surface area (TPSA) is 72.3 Å². The summed E-state index contributed by atoms with van der Waals surface area (Å²) >= 11 is 0.